The lowest BCUT2D eigenvalue weighted by molar-refractivity contribution is -0.121. The second-order valence-corrected chi connectivity index (χ2v) is 4.80. The SMILES string of the molecule is CC(=O)Nc1cccc(NC2CCCNC(=O)C2)c1. The predicted molar refractivity (Wildman–Crippen MR) is 75.0 cm³/mol. The normalized spacial score (nSPS) is 19.2. The number of carbonyl (C=O) groups excluding carboxylic acids is 2. The maximum atomic E-state index is 11.5. The van der Waals surface area contributed by atoms with E-state index in [4.69, 9.17) is 0 Å². The summed E-state index contributed by atoms with van der Waals surface area (Å²) < 4.78 is 0. The Morgan fingerprint density at radius 2 is 2.16 bits per heavy atom. The minimum absolute atomic E-state index is 0.0908. The largest absolute Gasteiger partial charge is 0.382 e. The maximum Gasteiger partial charge on any atom is 0.222 e. The highest BCUT2D eigenvalue weighted by atomic mass is 16.2. The van der Waals surface area contributed by atoms with E-state index in [-0.39, 0.29) is 17.9 Å². The molecule has 0 saturated carbocycles. The van der Waals surface area contributed by atoms with E-state index < -0.39 is 0 Å². The summed E-state index contributed by atoms with van der Waals surface area (Å²) in [5, 5.41) is 8.96. The molecule has 1 fully saturated rings. The van der Waals surface area contributed by atoms with Crippen LogP contribution >= 0.6 is 0 Å². The van der Waals surface area contributed by atoms with E-state index in [1.54, 1.807) is 0 Å². The fourth-order valence-electron chi connectivity index (χ4n) is 2.22. The van der Waals surface area contributed by atoms with Crippen LogP contribution in [0, 0.1) is 0 Å². The van der Waals surface area contributed by atoms with Gasteiger partial charge >= 0.3 is 0 Å². The second-order valence-electron chi connectivity index (χ2n) is 4.80. The number of benzene rings is 1. The molecule has 2 rings (SSSR count). The summed E-state index contributed by atoms with van der Waals surface area (Å²) in [4.78, 5) is 22.5. The van der Waals surface area contributed by atoms with Gasteiger partial charge in [0.15, 0.2) is 0 Å². The van der Waals surface area contributed by atoms with Gasteiger partial charge in [0.05, 0.1) is 0 Å². The van der Waals surface area contributed by atoms with Crippen LogP contribution in [-0.2, 0) is 9.59 Å². The summed E-state index contributed by atoms with van der Waals surface area (Å²) in [7, 11) is 0. The van der Waals surface area contributed by atoms with Crippen molar-refractivity contribution in [3.05, 3.63) is 24.3 Å². The lowest BCUT2D eigenvalue weighted by atomic mass is 10.1. The first kappa shape index (κ1) is 13.4. The van der Waals surface area contributed by atoms with Crippen LogP contribution in [0.3, 0.4) is 0 Å². The molecule has 0 spiro atoms. The van der Waals surface area contributed by atoms with Crippen molar-refractivity contribution < 1.29 is 9.59 Å². The Labute approximate surface area is 112 Å². The standard InChI is InChI=1S/C14H19N3O2/c1-10(18)16-11-4-2-5-12(8-11)17-13-6-3-7-15-14(19)9-13/h2,4-5,8,13,17H,3,6-7,9H2,1H3,(H,15,19)(H,16,18). The first-order valence-electron chi connectivity index (χ1n) is 6.54. The summed E-state index contributed by atoms with van der Waals surface area (Å²) in [6.07, 6.45) is 2.43. The Morgan fingerprint density at radius 3 is 2.95 bits per heavy atom. The van der Waals surface area contributed by atoms with Gasteiger partial charge in [0.25, 0.3) is 0 Å². The van der Waals surface area contributed by atoms with Crippen molar-refractivity contribution in [3.63, 3.8) is 0 Å². The van der Waals surface area contributed by atoms with E-state index in [2.05, 4.69) is 16.0 Å². The highest BCUT2D eigenvalue weighted by Gasteiger charge is 2.16. The molecule has 0 aliphatic carbocycles. The predicted octanol–water partition coefficient (Wildman–Crippen LogP) is 1.73. The quantitative estimate of drug-likeness (QED) is 0.776. The summed E-state index contributed by atoms with van der Waals surface area (Å²) >= 11 is 0. The fourth-order valence-corrected chi connectivity index (χ4v) is 2.22. The minimum atomic E-state index is -0.0917. The zero-order valence-electron chi connectivity index (χ0n) is 11.0. The molecular weight excluding hydrogens is 242 g/mol. The zero-order chi connectivity index (χ0) is 13.7. The topological polar surface area (TPSA) is 70.2 Å². The van der Waals surface area contributed by atoms with E-state index in [0.29, 0.717) is 6.42 Å². The third-order valence-corrected chi connectivity index (χ3v) is 3.04. The third-order valence-electron chi connectivity index (χ3n) is 3.04. The molecular formula is C14H19N3O2. The Morgan fingerprint density at radius 1 is 1.37 bits per heavy atom. The molecule has 2 amide bonds. The lowest BCUT2D eigenvalue weighted by Crippen LogP contribution is -2.26. The minimum Gasteiger partial charge on any atom is -0.382 e. The van der Waals surface area contributed by atoms with E-state index in [1.165, 1.54) is 6.92 Å². The number of nitrogens with one attached hydrogen (secondary N) is 3. The lowest BCUT2D eigenvalue weighted by Gasteiger charge is -2.17. The molecule has 1 aromatic rings. The summed E-state index contributed by atoms with van der Waals surface area (Å²) in [5.41, 5.74) is 1.68. The van der Waals surface area contributed by atoms with E-state index in [9.17, 15) is 9.59 Å². The third kappa shape index (κ3) is 4.28. The maximum absolute atomic E-state index is 11.5. The van der Waals surface area contributed by atoms with Crippen LogP contribution in [0.5, 0.6) is 0 Å². The van der Waals surface area contributed by atoms with Gasteiger partial charge in [-0.1, -0.05) is 6.07 Å². The van der Waals surface area contributed by atoms with Gasteiger partial charge in [0.1, 0.15) is 0 Å². The number of hydrogen-bond acceptors (Lipinski definition) is 3. The Hall–Kier alpha value is -2.04. The molecule has 0 bridgehead atoms. The van der Waals surface area contributed by atoms with Crippen molar-refractivity contribution in [2.75, 3.05) is 17.2 Å². The molecule has 19 heavy (non-hydrogen) atoms. The zero-order valence-corrected chi connectivity index (χ0v) is 11.0. The van der Waals surface area contributed by atoms with Crippen LogP contribution in [0.4, 0.5) is 11.4 Å². The molecule has 1 aliphatic rings. The average Bonchev–Trinajstić information content (AvgIpc) is 2.53. The van der Waals surface area contributed by atoms with E-state index in [0.717, 1.165) is 30.8 Å². The summed E-state index contributed by atoms with van der Waals surface area (Å²) in [5.74, 6) is -0.000917. The molecule has 3 N–H and O–H groups in total. The number of amides is 2. The Bertz CT molecular complexity index is 474. The van der Waals surface area contributed by atoms with Crippen LogP contribution in [0.2, 0.25) is 0 Å². The average molecular weight is 261 g/mol. The van der Waals surface area contributed by atoms with E-state index in [1.807, 2.05) is 24.3 Å². The van der Waals surface area contributed by atoms with Crippen molar-refractivity contribution in [2.24, 2.45) is 0 Å². The number of rotatable bonds is 3. The fraction of sp³-hybridized carbons (Fsp3) is 0.429. The monoisotopic (exact) mass is 261 g/mol. The van der Waals surface area contributed by atoms with Gasteiger partial charge in [-0.15, -0.1) is 0 Å². The molecule has 1 saturated heterocycles. The smallest absolute Gasteiger partial charge is 0.222 e. The van der Waals surface area contributed by atoms with Crippen LogP contribution in [0.15, 0.2) is 24.3 Å². The van der Waals surface area contributed by atoms with Crippen molar-refractivity contribution in [1.29, 1.82) is 0 Å². The molecule has 5 nitrogen and oxygen atoms in total. The number of hydrogen-bond donors (Lipinski definition) is 3. The van der Waals surface area contributed by atoms with E-state index >= 15 is 0 Å². The van der Waals surface area contributed by atoms with Gasteiger partial charge in [-0.25, -0.2) is 0 Å². The first-order valence-corrected chi connectivity index (χ1v) is 6.54. The molecule has 102 valence electrons. The van der Waals surface area contributed by atoms with Gasteiger partial charge in [-0.2, -0.15) is 0 Å². The van der Waals surface area contributed by atoms with Crippen LogP contribution in [-0.4, -0.2) is 24.4 Å². The van der Waals surface area contributed by atoms with Gasteiger partial charge in [-0.3, -0.25) is 9.59 Å². The highest BCUT2D eigenvalue weighted by Crippen LogP contribution is 2.18. The number of carbonyl (C=O) groups is 2. The molecule has 1 unspecified atom stereocenters. The molecule has 0 radical (unpaired) electrons. The molecule has 0 aromatic heterocycles. The number of anilines is 2. The molecule has 5 heteroatoms. The molecule has 1 atom stereocenters. The molecule has 1 aliphatic heterocycles. The van der Waals surface area contributed by atoms with Crippen molar-refractivity contribution in [3.8, 4) is 0 Å². The first-order chi connectivity index (χ1) is 9.13. The van der Waals surface area contributed by atoms with Gasteiger partial charge in [0, 0.05) is 37.3 Å². The highest BCUT2D eigenvalue weighted by molar-refractivity contribution is 5.89. The summed E-state index contributed by atoms with van der Waals surface area (Å²) in [6.45, 7) is 2.23. The van der Waals surface area contributed by atoms with Gasteiger partial charge in [-0.05, 0) is 31.0 Å². The molecule has 1 heterocycles. The Balaban J connectivity index is 2.01. The van der Waals surface area contributed by atoms with Crippen molar-refractivity contribution in [1.82, 2.24) is 5.32 Å². The van der Waals surface area contributed by atoms with Crippen molar-refractivity contribution in [2.45, 2.75) is 32.2 Å². The van der Waals surface area contributed by atoms with Crippen LogP contribution < -0.4 is 16.0 Å². The molecule has 1 aromatic carbocycles. The van der Waals surface area contributed by atoms with Crippen LogP contribution in [0.25, 0.3) is 0 Å². The Kier molecular flexibility index (Phi) is 4.39. The second kappa shape index (κ2) is 6.22. The van der Waals surface area contributed by atoms with Crippen molar-refractivity contribution >= 4 is 23.2 Å². The summed E-state index contributed by atoms with van der Waals surface area (Å²) in [6, 6.07) is 7.68. The van der Waals surface area contributed by atoms with Crippen LogP contribution in [0.1, 0.15) is 26.2 Å². The van der Waals surface area contributed by atoms with Gasteiger partial charge in [0.2, 0.25) is 11.8 Å². The van der Waals surface area contributed by atoms with Gasteiger partial charge < -0.3 is 16.0 Å².